The molecule has 3 N–H and O–H groups in total. The third-order valence-corrected chi connectivity index (χ3v) is 3.49. The molecule has 7 nitrogen and oxygen atoms in total. The van der Waals surface area contributed by atoms with E-state index in [2.05, 4.69) is 10.6 Å². The van der Waals surface area contributed by atoms with Gasteiger partial charge in [-0.05, 0) is 24.1 Å². The highest BCUT2D eigenvalue weighted by molar-refractivity contribution is 6.35. The molecule has 0 aliphatic carbocycles. The first-order valence-corrected chi connectivity index (χ1v) is 8.04. The van der Waals surface area contributed by atoms with Crippen LogP contribution in [-0.2, 0) is 16.0 Å². The Morgan fingerprint density at radius 2 is 1.62 bits per heavy atom. The number of benzene rings is 1. The SMILES string of the molecule is COc1ccc(CCNC(=O)C(=O)NCCC[NH+](C)C)cc1OC. The Labute approximate surface area is 143 Å². The maximum atomic E-state index is 11.7. The van der Waals surface area contributed by atoms with E-state index < -0.39 is 11.8 Å². The van der Waals surface area contributed by atoms with Crippen LogP contribution in [0.3, 0.4) is 0 Å². The van der Waals surface area contributed by atoms with E-state index in [0.717, 1.165) is 18.5 Å². The van der Waals surface area contributed by atoms with Crippen LogP contribution in [0.2, 0.25) is 0 Å². The van der Waals surface area contributed by atoms with Crippen LogP contribution in [-0.4, -0.2) is 59.8 Å². The number of amides is 2. The fourth-order valence-corrected chi connectivity index (χ4v) is 2.16. The molecule has 1 rings (SSSR count). The predicted octanol–water partition coefficient (Wildman–Crippen LogP) is -0.987. The lowest BCUT2D eigenvalue weighted by Gasteiger charge is -2.10. The minimum Gasteiger partial charge on any atom is -0.493 e. The van der Waals surface area contributed by atoms with Gasteiger partial charge in [-0.15, -0.1) is 0 Å². The van der Waals surface area contributed by atoms with Crippen molar-refractivity contribution >= 4 is 11.8 Å². The summed E-state index contributed by atoms with van der Waals surface area (Å²) in [7, 11) is 7.24. The van der Waals surface area contributed by atoms with Crippen LogP contribution in [0.1, 0.15) is 12.0 Å². The highest BCUT2D eigenvalue weighted by Crippen LogP contribution is 2.27. The summed E-state index contributed by atoms with van der Waals surface area (Å²) in [6.45, 7) is 1.83. The first-order valence-electron chi connectivity index (χ1n) is 8.04. The van der Waals surface area contributed by atoms with Crippen LogP contribution in [0.5, 0.6) is 11.5 Å². The Kier molecular flexibility index (Phi) is 8.64. The maximum absolute atomic E-state index is 11.7. The zero-order chi connectivity index (χ0) is 17.9. The lowest BCUT2D eigenvalue weighted by Crippen LogP contribution is -3.05. The van der Waals surface area contributed by atoms with E-state index in [-0.39, 0.29) is 0 Å². The number of hydrogen-bond acceptors (Lipinski definition) is 4. The van der Waals surface area contributed by atoms with Gasteiger partial charge in [0, 0.05) is 19.5 Å². The van der Waals surface area contributed by atoms with Gasteiger partial charge in [-0.2, -0.15) is 0 Å². The average Bonchev–Trinajstić information content (AvgIpc) is 2.57. The molecule has 0 unspecified atom stereocenters. The summed E-state index contributed by atoms with van der Waals surface area (Å²) in [5.41, 5.74) is 0.988. The Hall–Kier alpha value is -2.28. The monoisotopic (exact) mass is 338 g/mol. The summed E-state index contributed by atoms with van der Waals surface area (Å²) in [4.78, 5) is 24.7. The number of quaternary nitrogens is 1. The fraction of sp³-hybridized carbons (Fsp3) is 0.529. The Bertz CT molecular complexity index is 547. The highest BCUT2D eigenvalue weighted by Gasteiger charge is 2.12. The van der Waals surface area contributed by atoms with Crippen LogP contribution in [0.4, 0.5) is 0 Å². The van der Waals surface area contributed by atoms with Gasteiger partial charge in [0.15, 0.2) is 11.5 Å². The molecule has 2 amide bonds. The second-order valence-corrected chi connectivity index (χ2v) is 5.76. The maximum Gasteiger partial charge on any atom is 0.309 e. The summed E-state index contributed by atoms with van der Waals surface area (Å²) < 4.78 is 10.4. The molecule has 0 radical (unpaired) electrons. The molecule has 0 atom stereocenters. The fourth-order valence-electron chi connectivity index (χ4n) is 2.16. The van der Waals surface area contributed by atoms with Gasteiger partial charge in [0.2, 0.25) is 0 Å². The molecule has 0 aromatic heterocycles. The van der Waals surface area contributed by atoms with Crippen molar-refractivity contribution in [1.82, 2.24) is 10.6 Å². The van der Waals surface area contributed by atoms with Crippen molar-refractivity contribution in [3.63, 3.8) is 0 Å². The summed E-state index contributed by atoms with van der Waals surface area (Å²) >= 11 is 0. The molecule has 1 aromatic rings. The molecule has 0 saturated heterocycles. The third kappa shape index (κ3) is 6.87. The molecule has 0 heterocycles. The lowest BCUT2D eigenvalue weighted by molar-refractivity contribution is -0.858. The first kappa shape index (κ1) is 19.8. The highest BCUT2D eigenvalue weighted by atomic mass is 16.5. The van der Waals surface area contributed by atoms with Crippen molar-refractivity contribution in [1.29, 1.82) is 0 Å². The standard InChI is InChI=1S/C17H27N3O4/c1-20(2)11-5-9-18-16(21)17(22)19-10-8-13-6-7-14(23-3)15(12-13)24-4/h6-7,12H,5,8-11H2,1-4H3,(H,18,21)(H,19,22)/p+1. The lowest BCUT2D eigenvalue weighted by atomic mass is 10.1. The van der Waals surface area contributed by atoms with Gasteiger partial charge in [-0.25, -0.2) is 0 Å². The minimum absolute atomic E-state index is 0.379. The minimum atomic E-state index is -0.604. The van der Waals surface area contributed by atoms with Gasteiger partial charge >= 0.3 is 11.8 Å². The van der Waals surface area contributed by atoms with E-state index in [1.54, 1.807) is 14.2 Å². The van der Waals surface area contributed by atoms with Crippen molar-refractivity contribution < 1.29 is 24.0 Å². The molecule has 0 fully saturated rings. The number of methoxy groups -OCH3 is 2. The zero-order valence-electron chi connectivity index (χ0n) is 14.9. The number of carbonyl (C=O) groups is 2. The van der Waals surface area contributed by atoms with Crippen LogP contribution >= 0.6 is 0 Å². The van der Waals surface area contributed by atoms with Crippen LogP contribution in [0, 0.1) is 0 Å². The van der Waals surface area contributed by atoms with Crippen molar-refractivity contribution in [2.24, 2.45) is 0 Å². The number of ether oxygens (including phenoxy) is 2. The van der Waals surface area contributed by atoms with Crippen molar-refractivity contribution in [3.05, 3.63) is 23.8 Å². The number of carbonyl (C=O) groups excluding carboxylic acids is 2. The van der Waals surface area contributed by atoms with E-state index in [1.807, 2.05) is 32.3 Å². The Morgan fingerprint density at radius 3 is 2.21 bits per heavy atom. The molecule has 1 aromatic carbocycles. The van der Waals surface area contributed by atoms with E-state index in [1.165, 1.54) is 4.90 Å². The molecular formula is C17H28N3O4+. The van der Waals surface area contributed by atoms with Crippen molar-refractivity contribution in [2.45, 2.75) is 12.8 Å². The second-order valence-electron chi connectivity index (χ2n) is 5.76. The van der Waals surface area contributed by atoms with Crippen molar-refractivity contribution in [2.75, 3.05) is 47.9 Å². The van der Waals surface area contributed by atoms with E-state index in [0.29, 0.717) is 31.0 Å². The normalized spacial score (nSPS) is 10.4. The predicted molar refractivity (Wildman–Crippen MR) is 91.6 cm³/mol. The van der Waals surface area contributed by atoms with Gasteiger partial charge in [0.1, 0.15) is 0 Å². The number of rotatable bonds is 9. The Morgan fingerprint density at radius 1 is 1.00 bits per heavy atom. The third-order valence-electron chi connectivity index (χ3n) is 3.49. The summed E-state index contributed by atoms with van der Waals surface area (Å²) in [6.07, 6.45) is 1.44. The van der Waals surface area contributed by atoms with Gasteiger partial charge in [-0.3, -0.25) is 9.59 Å². The molecule has 7 heteroatoms. The van der Waals surface area contributed by atoms with Gasteiger partial charge in [0.05, 0.1) is 34.9 Å². The molecule has 24 heavy (non-hydrogen) atoms. The quantitative estimate of drug-likeness (QED) is 0.399. The molecule has 134 valence electrons. The second kappa shape index (κ2) is 10.5. The molecule has 0 aliphatic rings. The van der Waals surface area contributed by atoms with Gasteiger partial charge in [0.25, 0.3) is 0 Å². The number of nitrogens with one attached hydrogen (secondary N) is 3. The molecule has 0 saturated carbocycles. The van der Waals surface area contributed by atoms with E-state index in [4.69, 9.17) is 9.47 Å². The summed E-state index contributed by atoms with van der Waals surface area (Å²) in [5, 5.41) is 5.24. The van der Waals surface area contributed by atoms with Crippen LogP contribution in [0.15, 0.2) is 18.2 Å². The topological polar surface area (TPSA) is 81.1 Å². The zero-order valence-corrected chi connectivity index (χ0v) is 14.9. The first-order chi connectivity index (χ1) is 11.5. The largest absolute Gasteiger partial charge is 0.493 e. The summed E-state index contributed by atoms with van der Waals surface area (Å²) in [5.74, 6) is 0.107. The van der Waals surface area contributed by atoms with Gasteiger partial charge in [-0.1, -0.05) is 6.07 Å². The van der Waals surface area contributed by atoms with Crippen LogP contribution in [0.25, 0.3) is 0 Å². The molecular weight excluding hydrogens is 310 g/mol. The van der Waals surface area contributed by atoms with Crippen molar-refractivity contribution in [3.8, 4) is 11.5 Å². The van der Waals surface area contributed by atoms with E-state index >= 15 is 0 Å². The smallest absolute Gasteiger partial charge is 0.309 e. The van der Waals surface area contributed by atoms with E-state index in [9.17, 15) is 9.59 Å². The summed E-state index contributed by atoms with van der Waals surface area (Å²) in [6, 6.07) is 5.57. The molecule has 0 spiro atoms. The molecule has 0 bridgehead atoms. The average molecular weight is 338 g/mol. The molecule has 0 aliphatic heterocycles. The van der Waals surface area contributed by atoms with Crippen LogP contribution < -0.4 is 25.0 Å². The number of hydrogen-bond donors (Lipinski definition) is 3. The Balaban J connectivity index is 2.33. The van der Waals surface area contributed by atoms with Gasteiger partial charge < -0.3 is 25.0 Å².